The summed E-state index contributed by atoms with van der Waals surface area (Å²) in [5.74, 6) is -0.681. The van der Waals surface area contributed by atoms with E-state index in [2.05, 4.69) is 10.9 Å². The second-order valence-electron chi connectivity index (χ2n) is 3.98. The maximum absolute atomic E-state index is 11.7. The molecule has 1 aliphatic carbocycles. The first-order valence-corrected chi connectivity index (χ1v) is 4.82. The number of hydrogen-bond acceptors (Lipinski definition) is 3. The molecule has 1 aliphatic heterocycles. The van der Waals surface area contributed by atoms with Gasteiger partial charge in [0.25, 0.3) is 0 Å². The lowest BCUT2D eigenvalue weighted by molar-refractivity contribution is -0.148. The van der Waals surface area contributed by atoms with Crippen molar-refractivity contribution in [1.29, 1.82) is 0 Å². The maximum Gasteiger partial charge on any atom is 0.302 e. The second-order valence-corrected chi connectivity index (χ2v) is 3.98. The predicted molar refractivity (Wildman–Crippen MR) is 46.7 cm³/mol. The van der Waals surface area contributed by atoms with Gasteiger partial charge in [-0.1, -0.05) is 19.3 Å². The highest BCUT2D eigenvalue weighted by molar-refractivity contribution is 6.38. The van der Waals surface area contributed by atoms with E-state index in [1.165, 1.54) is 6.42 Å². The zero-order chi connectivity index (χ0) is 9.31. The van der Waals surface area contributed by atoms with Gasteiger partial charge in [-0.05, 0) is 12.8 Å². The predicted octanol–water partition coefficient (Wildman–Crippen LogP) is 0.140. The third-order valence-corrected chi connectivity index (χ3v) is 3.13. The van der Waals surface area contributed by atoms with Crippen LogP contribution in [0.2, 0.25) is 0 Å². The summed E-state index contributed by atoms with van der Waals surface area (Å²) in [5, 5.41) is 0. The van der Waals surface area contributed by atoms with E-state index in [1.807, 2.05) is 0 Å². The number of carbonyl (C=O) groups excluding carboxylic acids is 2. The SMILES string of the molecule is O=C1NNCC2(CCCCC2)C1=O. The van der Waals surface area contributed by atoms with Crippen LogP contribution in [0.15, 0.2) is 0 Å². The number of Topliss-reactive ketones (excluding diaryl/α,β-unsaturated/α-hetero) is 1. The lowest BCUT2D eigenvalue weighted by atomic mass is 9.70. The summed E-state index contributed by atoms with van der Waals surface area (Å²) in [6, 6.07) is 0. The van der Waals surface area contributed by atoms with Crippen molar-refractivity contribution in [2.75, 3.05) is 6.54 Å². The molecule has 1 heterocycles. The summed E-state index contributed by atoms with van der Waals surface area (Å²) in [6.07, 6.45) is 5.07. The molecule has 4 heteroatoms. The Bertz CT molecular complexity index is 238. The molecule has 0 aromatic carbocycles. The molecule has 0 bridgehead atoms. The molecule has 1 spiro atoms. The van der Waals surface area contributed by atoms with Crippen molar-refractivity contribution in [3.05, 3.63) is 0 Å². The average molecular weight is 182 g/mol. The molecule has 2 aliphatic rings. The van der Waals surface area contributed by atoms with Gasteiger partial charge in [0.05, 0.1) is 5.41 Å². The van der Waals surface area contributed by atoms with Crippen LogP contribution in [0.3, 0.4) is 0 Å². The summed E-state index contributed by atoms with van der Waals surface area (Å²) in [5.41, 5.74) is 4.80. The van der Waals surface area contributed by atoms with Crippen LogP contribution < -0.4 is 10.9 Å². The molecule has 0 aromatic heterocycles. The number of carbonyl (C=O) groups is 2. The number of amides is 1. The van der Waals surface area contributed by atoms with Crippen LogP contribution in [0.5, 0.6) is 0 Å². The van der Waals surface area contributed by atoms with Gasteiger partial charge in [0, 0.05) is 6.54 Å². The minimum atomic E-state index is -0.465. The number of ketones is 1. The standard InChI is InChI=1S/C9H14N2O2/c12-7-8(13)11-10-6-9(7)4-2-1-3-5-9/h10H,1-6H2,(H,11,13). The quantitative estimate of drug-likeness (QED) is 0.524. The smallest absolute Gasteiger partial charge is 0.288 e. The van der Waals surface area contributed by atoms with Gasteiger partial charge in [-0.2, -0.15) is 0 Å². The molecule has 1 saturated heterocycles. The molecule has 2 fully saturated rings. The van der Waals surface area contributed by atoms with E-state index in [1.54, 1.807) is 0 Å². The Balaban J connectivity index is 2.18. The fourth-order valence-electron chi connectivity index (χ4n) is 2.30. The van der Waals surface area contributed by atoms with Gasteiger partial charge < -0.3 is 0 Å². The van der Waals surface area contributed by atoms with Gasteiger partial charge >= 0.3 is 5.91 Å². The largest absolute Gasteiger partial charge is 0.302 e. The highest BCUT2D eigenvalue weighted by atomic mass is 16.2. The first kappa shape index (κ1) is 8.69. The van der Waals surface area contributed by atoms with E-state index >= 15 is 0 Å². The molecule has 0 atom stereocenters. The Morgan fingerprint density at radius 1 is 1.08 bits per heavy atom. The van der Waals surface area contributed by atoms with Gasteiger partial charge in [0.2, 0.25) is 5.78 Å². The Morgan fingerprint density at radius 3 is 2.46 bits per heavy atom. The molecule has 2 rings (SSSR count). The highest BCUT2D eigenvalue weighted by Crippen LogP contribution is 2.37. The topological polar surface area (TPSA) is 58.2 Å². The van der Waals surface area contributed by atoms with Crippen LogP contribution in [-0.4, -0.2) is 18.2 Å². The molecule has 13 heavy (non-hydrogen) atoms. The fourth-order valence-corrected chi connectivity index (χ4v) is 2.30. The summed E-state index contributed by atoms with van der Waals surface area (Å²) < 4.78 is 0. The first-order valence-electron chi connectivity index (χ1n) is 4.82. The van der Waals surface area contributed by atoms with Gasteiger partial charge in [-0.25, -0.2) is 5.43 Å². The van der Waals surface area contributed by atoms with E-state index in [4.69, 9.17) is 0 Å². The molecule has 1 saturated carbocycles. The van der Waals surface area contributed by atoms with Crippen molar-refractivity contribution in [2.24, 2.45) is 5.41 Å². The van der Waals surface area contributed by atoms with E-state index in [-0.39, 0.29) is 11.2 Å². The number of rotatable bonds is 0. The van der Waals surface area contributed by atoms with Crippen molar-refractivity contribution in [1.82, 2.24) is 10.9 Å². The number of hydrazine groups is 1. The minimum Gasteiger partial charge on any atom is -0.288 e. The van der Waals surface area contributed by atoms with Crippen LogP contribution in [0.4, 0.5) is 0 Å². The summed E-state index contributed by atoms with van der Waals surface area (Å²) in [6.45, 7) is 0.609. The van der Waals surface area contributed by atoms with Crippen LogP contribution in [0.25, 0.3) is 0 Å². The molecular formula is C9H14N2O2. The van der Waals surface area contributed by atoms with Crippen molar-refractivity contribution >= 4 is 11.7 Å². The van der Waals surface area contributed by atoms with Crippen LogP contribution in [0, 0.1) is 5.41 Å². The lowest BCUT2D eigenvalue weighted by Crippen LogP contribution is -2.59. The third-order valence-electron chi connectivity index (χ3n) is 3.13. The molecule has 0 radical (unpaired) electrons. The van der Waals surface area contributed by atoms with E-state index < -0.39 is 5.91 Å². The zero-order valence-electron chi connectivity index (χ0n) is 7.56. The summed E-state index contributed by atoms with van der Waals surface area (Å²) >= 11 is 0. The van der Waals surface area contributed by atoms with Gasteiger partial charge in [-0.3, -0.25) is 15.0 Å². The van der Waals surface area contributed by atoms with Crippen LogP contribution in [-0.2, 0) is 9.59 Å². The summed E-state index contributed by atoms with van der Waals surface area (Å²) in [4.78, 5) is 22.8. The monoisotopic (exact) mass is 182 g/mol. The van der Waals surface area contributed by atoms with Gasteiger partial charge in [-0.15, -0.1) is 0 Å². The fraction of sp³-hybridized carbons (Fsp3) is 0.778. The average Bonchev–Trinajstić information content (AvgIpc) is 2.16. The molecule has 2 N–H and O–H groups in total. The normalized spacial score (nSPS) is 27.4. The Kier molecular flexibility index (Phi) is 2.07. The Labute approximate surface area is 77.0 Å². The molecule has 0 unspecified atom stereocenters. The summed E-state index contributed by atoms with van der Waals surface area (Å²) in [7, 11) is 0. The van der Waals surface area contributed by atoms with Crippen LogP contribution in [0.1, 0.15) is 32.1 Å². The van der Waals surface area contributed by atoms with Gasteiger partial charge in [0.15, 0.2) is 0 Å². The lowest BCUT2D eigenvalue weighted by Gasteiger charge is -2.38. The maximum atomic E-state index is 11.7. The zero-order valence-corrected chi connectivity index (χ0v) is 7.56. The first-order chi connectivity index (χ1) is 6.25. The highest BCUT2D eigenvalue weighted by Gasteiger charge is 2.44. The van der Waals surface area contributed by atoms with Gasteiger partial charge in [0.1, 0.15) is 0 Å². The molecule has 4 nitrogen and oxygen atoms in total. The Hall–Kier alpha value is -0.900. The van der Waals surface area contributed by atoms with Crippen molar-refractivity contribution in [3.63, 3.8) is 0 Å². The van der Waals surface area contributed by atoms with Crippen LogP contribution >= 0.6 is 0 Å². The van der Waals surface area contributed by atoms with E-state index in [0.29, 0.717) is 6.54 Å². The molecule has 72 valence electrons. The van der Waals surface area contributed by atoms with E-state index in [9.17, 15) is 9.59 Å². The number of hydrogen-bond donors (Lipinski definition) is 2. The Morgan fingerprint density at radius 2 is 1.77 bits per heavy atom. The molecule has 0 aromatic rings. The minimum absolute atomic E-state index is 0.217. The van der Waals surface area contributed by atoms with Crippen molar-refractivity contribution in [3.8, 4) is 0 Å². The molecular weight excluding hydrogens is 168 g/mol. The van der Waals surface area contributed by atoms with E-state index in [0.717, 1.165) is 25.7 Å². The molecule has 1 amide bonds. The number of nitrogens with one attached hydrogen (secondary N) is 2. The second kappa shape index (κ2) is 3.10. The van der Waals surface area contributed by atoms with Crippen molar-refractivity contribution < 1.29 is 9.59 Å². The van der Waals surface area contributed by atoms with Crippen molar-refractivity contribution in [2.45, 2.75) is 32.1 Å². The third kappa shape index (κ3) is 1.35.